The molecule has 0 bridgehead atoms. The van der Waals surface area contributed by atoms with Crippen molar-refractivity contribution in [2.24, 2.45) is 0 Å². The fourth-order valence-electron chi connectivity index (χ4n) is 1.65. The maximum absolute atomic E-state index is 12.1. The molecule has 0 fully saturated rings. The molecular weight excluding hydrogens is 258 g/mol. The van der Waals surface area contributed by atoms with Crippen molar-refractivity contribution in [3.8, 4) is 0 Å². The molecule has 0 unspecified atom stereocenters. The summed E-state index contributed by atoms with van der Waals surface area (Å²) in [6, 6.07) is 11.0. The number of thiophene rings is 1. The molecule has 1 aromatic heterocycles. The molecule has 1 aromatic carbocycles. The lowest BCUT2D eigenvalue weighted by Crippen LogP contribution is -2.23. The van der Waals surface area contributed by atoms with Crippen molar-refractivity contribution < 1.29 is 9.59 Å². The van der Waals surface area contributed by atoms with Crippen LogP contribution in [0.25, 0.3) is 6.08 Å². The zero-order valence-corrected chi connectivity index (χ0v) is 10.9. The van der Waals surface area contributed by atoms with Gasteiger partial charge in [0.1, 0.15) is 0 Å². The van der Waals surface area contributed by atoms with E-state index in [1.807, 2.05) is 23.6 Å². The summed E-state index contributed by atoms with van der Waals surface area (Å²) in [4.78, 5) is 23.4. The first-order valence-electron chi connectivity index (χ1n) is 5.75. The van der Waals surface area contributed by atoms with Gasteiger partial charge in [0, 0.05) is 10.4 Å². The summed E-state index contributed by atoms with van der Waals surface area (Å²) in [6.45, 7) is 0.508. The van der Waals surface area contributed by atoms with Crippen molar-refractivity contribution in [3.05, 3.63) is 63.9 Å². The SMILES string of the molecule is O=[C]/C=C/c1ccccc1C(=O)NCc1cccs1. The molecular formula is C15H12NO2S. The molecule has 1 amide bonds. The summed E-state index contributed by atoms with van der Waals surface area (Å²) < 4.78 is 0. The van der Waals surface area contributed by atoms with Gasteiger partial charge in [-0.25, -0.2) is 0 Å². The number of allylic oxidation sites excluding steroid dienone is 1. The fourth-order valence-corrected chi connectivity index (χ4v) is 2.29. The Hall–Kier alpha value is -2.20. The van der Waals surface area contributed by atoms with E-state index < -0.39 is 0 Å². The lowest BCUT2D eigenvalue weighted by Gasteiger charge is -2.06. The summed E-state index contributed by atoms with van der Waals surface area (Å²) in [5.41, 5.74) is 1.25. The second kappa shape index (κ2) is 6.66. The van der Waals surface area contributed by atoms with E-state index in [1.165, 1.54) is 6.08 Å². The van der Waals surface area contributed by atoms with Crippen LogP contribution in [0.4, 0.5) is 0 Å². The van der Waals surface area contributed by atoms with Crippen molar-refractivity contribution in [2.75, 3.05) is 0 Å². The zero-order valence-electron chi connectivity index (χ0n) is 10.1. The van der Waals surface area contributed by atoms with Crippen LogP contribution in [0, 0.1) is 0 Å². The van der Waals surface area contributed by atoms with E-state index in [0.717, 1.165) is 4.88 Å². The van der Waals surface area contributed by atoms with Crippen LogP contribution in [-0.4, -0.2) is 12.2 Å². The molecule has 3 nitrogen and oxygen atoms in total. The van der Waals surface area contributed by atoms with Gasteiger partial charge in [-0.15, -0.1) is 11.3 Å². The molecule has 2 aromatic rings. The van der Waals surface area contributed by atoms with Crippen molar-refractivity contribution in [1.82, 2.24) is 5.32 Å². The minimum atomic E-state index is -0.153. The normalized spacial score (nSPS) is 10.5. The average Bonchev–Trinajstić information content (AvgIpc) is 2.96. The summed E-state index contributed by atoms with van der Waals surface area (Å²) in [6.07, 6.45) is 4.51. The summed E-state index contributed by atoms with van der Waals surface area (Å²) in [5, 5.41) is 4.83. The van der Waals surface area contributed by atoms with Crippen LogP contribution in [0.3, 0.4) is 0 Å². The topological polar surface area (TPSA) is 46.2 Å². The van der Waals surface area contributed by atoms with Gasteiger partial charge < -0.3 is 5.32 Å². The molecule has 95 valence electrons. The van der Waals surface area contributed by atoms with Crippen LogP contribution in [0.1, 0.15) is 20.8 Å². The Kier molecular flexibility index (Phi) is 4.64. The van der Waals surface area contributed by atoms with Gasteiger partial charge in [0.05, 0.1) is 6.54 Å². The van der Waals surface area contributed by atoms with Crippen molar-refractivity contribution in [1.29, 1.82) is 0 Å². The highest BCUT2D eigenvalue weighted by atomic mass is 32.1. The molecule has 0 aliphatic rings. The van der Waals surface area contributed by atoms with E-state index in [1.54, 1.807) is 41.9 Å². The van der Waals surface area contributed by atoms with E-state index in [4.69, 9.17) is 0 Å². The van der Waals surface area contributed by atoms with Gasteiger partial charge >= 0.3 is 0 Å². The summed E-state index contributed by atoms with van der Waals surface area (Å²) >= 11 is 1.60. The number of amides is 1. The second-order valence-electron chi connectivity index (χ2n) is 3.80. The molecule has 0 atom stereocenters. The minimum Gasteiger partial charge on any atom is -0.347 e. The Morgan fingerprint density at radius 2 is 2.11 bits per heavy atom. The van der Waals surface area contributed by atoms with Crippen LogP contribution in [-0.2, 0) is 11.3 Å². The third-order valence-electron chi connectivity index (χ3n) is 2.54. The number of carbonyl (C=O) groups excluding carboxylic acids is 2. The van der Waals surface area contributed by atoms with E-state index in [0.29, 0.717) is 17.7 Å². The molecule has 0 aliphatic heterocycles. The van der Waals surface area contributed by atoms with Crippen molar-refractivity contribution in [3.63, 3.8) is 0 Å². The first kappa shape index (κ1) is 13.2. The zero-order chi connectivity index (χ0) is 13.5. The average molecular weight is 270 g/mol. The summed E-state index contributed by atoms with van der Waals surface area (Å²) in [5.74, 6) is -0.153. The van der Waals surface area contributed by atoms with E-state index in [-0.39, 0.29) is 5.91 Å². The van der Waals surface area contributed by atoms with Gasteiger partial charge in [0.2, 0.25) is 6.29 Å². The molecule has 0 saturated heterocycles. The molecule has 1 radical (unpaired) electrons. The third kappa shape index (κ3) is 3.63. The highest BCUT2D eigenvalue weighted by Gasteiger charge is 2.08. The smallest absolute Gasteiger partial charge is 0.252 e. The van der Waals surface area contributed by atoms with Gasteiger partial charge in [0.15, 0.2) is 0 Å². The fraction of sp³-hybridized carbons (Fsp3) is 0.0667. The number of rotatable bonds is 5. The van der Waals surface area contributed by atoms with Crippen LogP contribution in [0.2, 0.25) is 0 Å². The predicted molar refractivity (Wildman–Crippen MR) is 76.7 cm³/mol. The Bertz CT molecular complexity index is 588. The first-order valence-corrected chi connectivity index (χ1v) is 6.63. The number of hydrogen-bond donors (Lipinski definition) is 1. The molecule has 19 heavy (non-hydrogen) atoms. The number of carbonyl (C=O) groups is 1. The molecule has 4 heteroatoms. The Balaban J connectivity index is 2.10. The van der Waals surface area contributed by atoms with Crippen molar-refractivity contribution >= 4 is 29.6 Å². The molecule has 1 N–H and O–H groups in total. The summed E-state index contributed by atoms with van der Waals surface area (Å²) in [7, 11) is 0. The lowest BCUT2D eigenvalue weighted by molar-refractivity contribution is 0.0951. The largest absolute Gasteiger partial charge is 0.347 e. The molecule has 2 rings (SSSR count). The Morgan fingerprint density at radius 3 is 2.84 bits per heavy atom. The highest BCUT2D eigenvalue weighted by molar-refractivity contribution is 7.09. The van der Waals surface area contributed by atoms with E-state index in [9.17, 15) is 9.59 Å². The lowest BCUT2D eigenvalue weighted by atomic mass is 10.1. The Labute approximate surface area is 115 Å². The molecule has 1 heterocycles. The Morgan fingerprint density at radius 1 is 1.26 bits per heavy atom. The molecule has 0 spiro atoms. The van der Waals surface area contributed by atoms with Gasteiger partial charge in [0.25, 0.3) is 5.91 Å². The predicted octanol–water partition coefficient (Wildman–Crippen LogP) is 2.80. The van der Waals surface area contributed by atoms with Crippen LogP contribution >= 0.6 is 11.3 Å². The van der Waals surface area contributed by atoms with Crippen LogP contribution in [0.15, 0.2) is 47.9 Å². The van der Waals surface area contributed by atoms with Crippen LogP contribution in [0.5, 0.6) is 0 Å². The van der Waals surface area contributed by atoms with Crippen molar-refractivity contribution in [2.45, 2.75) is 6.54 Å². The van der Waals surface area contributed by atoms with Crippen LogP contribution < -0.4 is 5.32 Å². The van der Waals surface area contributed by atoms with E-state index >= 15 is 0 Å². The highest BCUT2D eigenvalue weighted by Crippen LogP contribution is 2.12. The van der Waals surface area contributed by atoms with E-state index in [2.05, 4.69) is 5.32 Å². The standard InChI is InChI=1S/C15H12NO2S/c17-9-3-6-12-5-1-2-8-14(12)15(18)16-11-13-7-4-10-19-13/h1-8,10H,11H2,(H,16,18)/b6-3+. The third-order valence-corrected chi connectivity index (χ3v) is 3.42. The first-order chi connectivity index (χ1) is 9.31. The number of hydrogen-bond acceptors (Lipinski definition) is 3. The molecule has 0 aliphatic carbocycles. The molecule has 0 saturated carbocycles. The van der Waals surface area contributed by atoms with Gasteiger partial charge in [-0.2, -0.15) is 0 Å². The second-order valence-corrected chi connectivity index (χ2v) is 4.83. The van der Waals surface area contributed by atoms with Gasteiger partial charge in [-0.05, 0) is 29.2 Å². The van der Waals surface area contributed by atoms with Gasteiger partial charge in [-0.1, -0.05) is 30.3 Å². The maximum Gasteiger partial charge on any atom is 0.252 e. The monoisotopic (exact) mass is 270 g/mol. The number of nitrogens with one attached hydrogen (secondary N) is 1. The quantitative estimate of drug-likeness (QED) is 0.849. The van der Waals surface area contributed by atoms with Gasteiger partial charge in [-0.3, -0.25) is 9.59 Å². The minimum absolute atomic E-state index is 0.153. The maximum atomic E-state index is 12.1. The number of benzene rings is 1.